The summed E-state index contributed by atoms with van der Waals surface area (Å²) in [5.41, 5.74) is 0. The Labute approximate surface area is 112 Å². The summed E-state index contributed by atoms with van der Waals surface area (Å²) in [7, 11) is 0. The molecule has 98 valence electrons. The van der Waals surface area contributed by atoms with Crippen LogP contribution in [0.25, 0.3) is 0 Å². The second kappa shape index (κ2) is 5.03. The molecule has 0 spiro atoms. The Kier molecular flexibility index (Phi) is 3.41. The Balaban J connectivity index is 1.68. The molecule has 0 radical (unpaired) electrons. The third kappa shape index (κ3) is 2.32. The van der Waals surface area contributed by atoms with Crippen molar-refractivity contribution in [3.63, 3.8) is 0 Å². The number of anilines is 1. The fraction of sp³-hybridized carbons (Fsp3) is 0.615. The van der Waals surface area contributed by atoms with Crippen molar-refractivity contribution < 1.29 is 5.11 Å². The van der Waals surface area contributed by atoms with Crippen LogP contribution in [0.2, 0.25) is 5.02 Å². The minimum atomic E-state index is 0.312. The minimum Gasteiger partial charge on any atom is -0.396 e. The first-order valence-electron chi connectivity index (χ1n) is 6.47. The molecule has 2 saturated heterocycles. The molecule has 0 aromatic carbocycles. The van der Waals surface area contributed by atoms with Crippen LogP contribution in [0.4, 0.5) is 5.82 Å². The molecule has 1 N–H and O–H groups in total. The monoisotopic (exact) mass is 267 g/mol. The highest BCUT2D eigenvalue weighted by molar-refractivity contribution is 6.30. The molecule has 2 unspecified atom stereocenters. The zero-order chi connectivity index (χ0) is 12.5. The summed E-state index contributed by atoms with van der Waals surface area (Å²) in [6.07, 6.45) is 2.80. The van der Waals surface area contributed by atoms with Crippen molar-refractivity contribution in [2.24, 2.45) is 5.92 Å². The van der Waals surface area contributed by atoms with Gasteiger partial charge in [-0.15, -0.1) is 0 Å². The number of aliphatic hydroxyl groups excluding tert-OH is 1. The van der Waals surface area contributed by atoms with E-state index in [1.54, 1.807) is 6.20 Å². The van der Waals surface area contributed by atoms with Crippen LogP contribution in [0.3, 0.4) is 0 Å². The largest absolute Gasteiger partial charge is 0.396 e. The van der Waals surface area contributed by atoms with Crippen molar-refractivity contribution in [2.45, 2.75) is 12.5 Å². The van der Waals surface area contributed by atoms with Gasteiger partial charge in [0.15, 0.2) is 0 Å². The van der Waals surface area contributed by atoms with Gasteiger partial charge < -0.3 is 10.0 Å². The lowest BCUT2D eigenvalue weighted by atomic mass is 10.1. The predicted octanol–water partition coefficient (Wildman–Crippen LogP) is 1.24. The number of nitrogens with zero attached hydrogens (tertiary/aromatic N) is 3. The van der Waals surface area contributed by atoms with Crippen molar-refractivity contribution >= 4 is 17.4 Å². The molecule has 2 atom stereocenters. The molecule has 0 saturated carbocycles. The number of hydrogen-bond donors (Lipinski definition) is 1. The highest BCUT2D eigenvalue weighted by Gasteiger charge is 2.35. The fourth-order valence-electron chi connectivity index (χ4n) is 3.04. The summed E-state index contributed by atoms with van der Waals surface area (Å²) < 4.78 is 0. The predicted molar refractivity (Wildman–Crippen MR) is 72.0 cm³/mol. The summed E-state index contributed by atoms with van der Waals surface area (Å²) in [6, 6.07) is 4.44. The zero-order valence-electron chi connectivity index (χ0n) is 10.3. The van der Waals surface area contributed by atoms with Gasteiger partial charge in [-0.05, 0) is 24.5 Å². The van der Waals surface area contributed by atoms with Crippen LogP contribution in [0.5, 0.6) is 0 Å². The minimum absolute atomic E-state index is 0.312. The second-order valence-electron chi connectivity index (χ2n) is 5.21. The molecule has 1 aromatic heterocycles. The standard InChI is InChI=1S/C13H18ClN3O/c14-11-1-2-13(15-6-11)17-4-3-16-7-10(9-18)5-12(16)8-17/h1-2,6,10,12,18H,3-5,7-9H2. The van der Waals surface area contributed by atoms with E-state index in [-0.39, 0.29) is 0 Å². The van der Waals surface area contributed by atoms with Crippen LogP contribution in [-0.2, 0) is 0 Å². The van der Waals surface area contributed by atoms with Gasteiger partial charge in [0.25, 0.3) is 0 Å². The van der Waals surface area contributed by atoms with E-state index < -0.39 is 0 Å². The van der Waals surface area contributed by atoms with Gasteiger partial charge in [-0.3, -0.25) is 4.90 Å². The van der Waals surface area contributed by atoms with Crippen LogP contribution in [0, 0.1) is 5.92 Å². The summed E-state index contributed by atoms with van der Waals surface area (Å²) in [5.74, 6) is 1.46. The van der Waals surface area contributed by atoms with Gasteiger partial charge in [0.1, 0.15) is 5.82 Å². The average Bonchev–Trinajstić information content (AvgIpc) is 2.81. The Hall–Kier alpha value is -0.840. The van der Waals surface area contributed by atoms with Crippen molar-refractivity contribution in [2.75, 3.05) is 37.7 Å². The van der Waals surface area contributed by atoms with E-state index in [4.69, 9.17) is 11.6 Å². The molecule has 0 bridgehead atoms. The molecule has 2 aliphatic rings. The van der Waals surface area contributed by atoms with Crippen molar-refractivity contribution in [3.8, 4) is 0 Å². The number of rotatable bonds is 2. The van der Waals surface area contributed by atoms with Crippen LogP contribution >= 0.6 is 11.6 Å². The Morgan fingerprint density at radius 1 is 1.33 bits per heavy atom. The highest BCUT2D eigenvalue weighted by Crippen LogP contribution is 2.28. The normalized spacial score (nSPS) is 28.4. The van der Waals surface area contributed by atoms with Gasteiger partial charge >= 0.3 is 0 Å². The molecular weight excluding hydrogens is 250 g/mol. The van der Waals surface area contributed by atoms with Gasteiger partial charge in [-0.1, -0.05) is 11.6 Å². The Morgan fingerprint density at radius 2 is 2.22 bits per heavy atom. The summed E-state index contributed by atoms with van der Waals surface area (Å²) >= 11 is 5.86. The number of pyridine rings is 1. The lowest BCUT2D eigenvalue weighted by Crippen LogP contribution is -2.50. The van der Waals surface area contributed by atoms with E-state index >= 15 is 0 Å². The molecule has 3 heterocycles. The Bertz CT molecular complexity index is 411. The molecule has 1 aromatic rings. The maximum atomic E-state index is 9.26. The third-order valence-electron chi connectivity index (χ3n) is 4.00. The van der Waals surface area contributed by atoms with Crippen molar-refractivity contribution in [1.82, 2.24) is 9.88 Å². The summed E-state index contributed by atoms with van der Waals surface area (Å²) in [4.78, 5) is 9.19. The molecule has 4 nitrogen and oxygen atoms in total. The van der Waals surface area contributed by atoms with Crippen LogP contribution in [-0.4, -0.2) is 53.8 Å². The number of aromatic nitrogens is 1. The molecule has 2 aliphatic heterocycles. The molecule has 5 heteroatoms. The Morgan fingerprint density at radius 3 is 2.94 bits per heavy atom. The molecule has 0 aliphatic carbocycles. The van der Waals surface area contributed by atoms with E-state index in [9.17, 15) is 5.11 Å². The van der Waals surface area contributed by atoms with E-state index in [1.807, 2.05) is 12.1 Å². The number of aliphatic hydroxyl groups is 1. The molecule has 0 amide bonds. The molecule has 18 heavy (non-hydrogen) atoms. The first-order valence-corrected chi connectivity index (χ1v) is 6.85. The maximum Gasteiger partial charge on any atom is 0.128 e. The number of halogens is 1. The maximum absolute atomic E-state index is 9.26. The highest BCUT2D eigenvalue weighted by atomic mass is 35.5. The molecular formula is C13H18ClN3O. The van der Waals surface area contributed by atoms with Crippen LogP contribution in [0.15, 0.2) is 18.3 Å². The van der Waals surface area contributed by atoms with Crippen molar-refractivity contribution in [3.05, 3.63) is 23.4 Å². The second-order valence-corrected chi connectivity index (χ2v) is 5.65. The zero-order valence-corrected chi connectivity index (χ0v) is 11.1. The topological polar surface area (TPSA) is 39.6 Å². The SMILES string of the molecule is OCC1CC2CN(c3ccc(Cl)cn3)CCN2C1. The van der Waals surface area contributed by atoms with Gasteiger partial charge in [0.05, 0.1) is 5.02 Å². The van der Waals surface area contributed by atoms with Crippen LogP contribution < -0.4 is 4.90 Å². The quantitative estimate of drug-likeness (QED) is 0.875. The fourth-order valence-corrected chi connectivity index (χ4v) is 3.16. The van der Waals surface area contributed by atoms with E-state index in [1.165, 1.54) is 0 Å². The molecule has 3 rings (SSSR count). The number of piperazine rings is 1. The third-order valence-corrected chi connectivity index (χ3v) is 4.22. The van der Waals surface area contributed by atoms with E-state index in [0.717, 1.165) is 38.4 Å². The van der Waals surface area contributed by atoms with Gasteiger partial charge in [0, 0.05) is 45.0 Å². The number of hydrogen-bond acceptors (Lipinski definition) is 4. The van der Waals surface area contributed by atoms with Gasteiger partial charge in [-0.2, -0.15) is 0 Å². The molecule has 2 fully saturated rings. The summed E-state index contributed by atoms with van der Waals surface area (Å²) in [6.45, 7) is 4.43. The lowest BCUT2D eigenvalue weighted by molar-refractivity contribution is 0.209. The first-order chi connectivity index (χ1) is 8.76. The van der Waals surface area contributed by atoms with E-state index in [0.29, 0.717) is 23.6 Å². The lowest BCUT2D eigenvalue weighted by Gasteiger charge is -2.38. The van der Waals surface area contributed by atoms with Gasteiger partial charge in [0.2, 0.25) is 0 Å². The van der Waals surface area contributed by atoms with Gasteiger partial charge in [-0.25, -0.2) is 4.98 Å². The first kappa shape index (κ1) is 12.2. The van der Waals surface area contributed by atoms with Crippen molar-refractivity contribution in [1.29, 1.82) is 0 Å². The van der Waals surface area contributed by atoms with Crippen LogP contribution in [0.1, 0.15) is 6.42 Å². The smallest absolute Gasteiger partial charge is 0.128 e. The average molecular weight is 268 g/mol. The van der Waals surface area contributed by atoms with E-state index in [2.05, 4.69) is 14.8 Å². The summed E-state index contributed by atoms with van der Waals surface area (Å²) in [5, 5.41) is 9.94. The number of fused-ring (bicyclic) bond motifs is 1.